The summed E-state index contributed by atoms with van der Waals surface area (Å²) < 4.78 is 0. The summed E-state index contributed by atoms with van der Waals surface area (Å²) in [6, 6.07) is 5.72. The molecule has 0 radical (unpaired) electrons. The van der Waals surface area contributed by atoms with Crippen LogP contribution < -0.4 is 11.1 Å². The van der Waals surface area contributed by atoms with Gasteiger partial charge in [0.25, 0.3) is 0 Å². The van der Waals surface area contributed by atoms with E-state index >= 15 is 0 Å². The summed E-state index contributed by atoms with van der Waals surface area (Å²) >= 11 is 5.91. The highest BCUT2D eigenvalue weighted by Crippen LogP contribution is 2.29. The van der Waals surface area contributed by atoms with E-state index in [1.54, 1.807) is 18.2 Å². The van der Waals surface area contributed by atoms with Gasteiger partial charge in [0.2, 0.25) is 5.91 Å². The quantitative estimate of drug-likeness (QED) is 0.786. The number of aromatic hydroxyl groups is 1. The highest BCUT2D eigenvalue weighted by molar-refractivity contribution is 6.30. The fourth-order valence-corrected chi connectivity index (χ4v) is 1.98. The molecule has 0 saturated carbocycles. The molecule has 1 unspecified atom stereocenters. The molecule has 1 amide bonds. The zero-order chi connectivity index (χ0) is 15.4. The first-order valence-electron chi connectivity index (χ1n) is 6.39. The Morgan fingerprint density at radius 3 is 2.90 bits per heavy atom. The molecule has 6 nitrogen and oxygen atoms in total. The standard InChI is InChI=1S/C14H15ClN4O2/c1-2-10(13(16)21)18-12-5-6-17-14(19-12)9-7-8(15)3-4-11(9)20/h3-7,10,20H,2H2,1H3,(H2,16,21)(H,17,18,19). The largest absolute Gasteiger partial charge is 0.507 e. The monoisotopic (exact) mass is 306 g/mol. The Morgan fingerprint density at radius 1 is 1.48 bits per heavy atom. The number of rotatable bonds is 5. The first kappa shape index (κ1) is 15.1. The van der Waals surface area contributed by atoms with Crippen molar-refractivity contribution < 1.29 is 9.90 Å². The van der Waals surface area contributed by atoms with Crippen LogP contribution in [0.2, 0.25) is 5.02 Å². The van der Waals surface area contributed by atoms with Crippen LogP contribution in [0.5, 0.6) is 5.75 Å². The lowest BCUT2D eigenvalue weighted by atomic mass is 10.2. The number of nitrogens with zero attached hydrogens (tertiary/aromatic N) is 2. The second-order valence-corrected chi connectivity index (χ2v) is 4.87. The van der Waals surface area contributed by atoms with Crippen LogP contribution in [0.3, 0.4) is 0 Å². The number of aromatic nitrogens is 2. The van der Waals surface area contributed by atoms with E-state index in [1.165, 1.54) is 12.3 Å². The maximum Gasteiger partial charge on any atom is 0.239 e. The summed E-state index contributed by atoms with van der Waals surface area (Å²) in [4.78, 5) is 19.6. The number of benzene rings is 1. The normalized spacial score (nSPS) is 11.9. The number of amides is 1. The molecule has 1 heterocycles. The molecular formula is C14H15ClN4O2. The third-order valence-electron chi connectivity index (χ3n) is 2.93. The lowest BCUT2D eigenvalue weighted by Gasteiger charge is -2.14. The molecule has 110 valence electrons. The minimum Gasteiger partial charge on any atom is -0.507 e. The Kier molecular flexibility index (Phi) is 4.59. The topological polar surface area (TPSA) is 101 Å². The number of anilines is 1. The molecule has 1 aromatic heterocycles. The minimum atomic E-state index is -0.513. The second-order valence-electron chi connectivity index (χ2n) is 4.43. The van der Waals surface area contributed by atoms with Crippen LogP contribution in [-0.4, -0.2) is 27.0 Å². The van der Waals surface area contributed by atoms with Crippen molar-refractivity contribution in [1.29, 1.82) is 0 Å². The van der Waals surface area contributed by atoms with Crippen molar-refractivity contribution in [2.45, 2.75) is 19.4 Å². The molecule has 0 saturated heterocycles. The first-order chi connectivity index (χ1) is 10.0. The molecule has 0 bridgehead atoms. The van der Waals surface area contributed by atoms with Crippen LogP contribution in [0, 0.1) is 0 Å². The minimum absolute atomic E-state index is 0.0264. The van der Waals surface area contributed by atoms with E-state index in [4.69, 9.17) is 17.3 Å². The number of hydrogen-bond acceptors (Lipinski definition) is 5. The van der Waals surface area contributed by atoms with Gasteiger partial charge in [-0.3, -0.25) is 4.79 Å². The van der Waals surface area contributed by atoms with Crippen molar-refractivity contribution in [3.63, 3.8) is 0 Å². The van der Waals surface area contributed by atoms with Crippen LogP contribution in [0.4, 0.5) is 5.82 Å². The fourth-order valence-electron chi connectivity index (χ4n) is 1.81. The molecule has 0 fully saturated rings. The maximum absolute atomic E-state index is 11.2. The highest BCUT2D eigenvalue weighted by atomic mass is 35.5. The van der Waals surface area contributed by atoms with Crippen LogP contribution in [0.15, 0.2) is 30.5 Å². The third kappa shape index (κ3) is 3.61. The van der Waals surface area contributed by atoms with Crippen LogP contribution in [0.1, 0.15) is 13.3 Å². The van der Waals surface area contributed by atoms with Gasteiger partial charge in [-0.1, -0.05) is 18.5 Å². The van der Waals surface area contributed by atoms with Gasteiger partial charge < -0.3 is 16.2 Å². The average Bonchev–Trinajstić information content (AvgIpc) is 2.47. The number of nitrogens with two attached hydrogens (primary N) is 1. The molecule has 7 heteroatoms. The number of primary amides is 1. The summed E-state index contributed by atoms with van der Waals surface area (Å²) in [5.41, 5.74) is 5.70. The van der Waals surface area contributed by atoms with E-state index in [9.17, 15) is 9.90 Å². The number of halogens is 1. The van der Waals surface area contributed by atoms with Crippen LogP contribution in [-0.2, 0) is 4.79 Å². The molecule has 0 aliphatic rings. The molecule has 2 aromatic rings. The van der Waals surface area contributed by atoms with Crippen molar-refractivity contribution in [2.24, 2.45) is 5.73 Å². The Balaban J connectivity index is 2.33. The molecule has 1 atom stereocenters. The molecular weight excluding hydrogens is 292 g/mol. The van der Waals surface area contributed by atoms with Crippen LogP contribution in [0.25, 0.3) is 11.4 Å². The van der Waals surface area contributed by atoms with Gasteiger partial charge in [-0.2, -0.15) is 0 Å². The Hall–Kier alpha value is -2.34. The number of carbonyl (C=O) groups excluding carboxylic acids is 1. The predicted octanol–water partition coefficient (Wildman–Crippen LogP) is 2.18. The lowest BCUT2D eigenvalue weighted by Crippen LogP contribution is -2.35. The first-order valence-corrected chi connectivity index (χ1v) is 6.77. The van der Waals surface area contributed by atoms with Gasteiger partial charge in [0, 0.05) is 11.2 Å². The number of carbonyl (C=O) groups is 1. The fraction of sp³-hybridized carbons (Fsp3) is 0.214. The smallest absolute Gasteiger partial charge is 0.239 e. The van der Waals surface area contributed by atoms with Crippen molar-refractivity contribution >= 4 is 23.3 Å². The van der Waals surface area contributed by atoms with E-state index < -0.39 is 11.9 Å². The van der Waals surface area contributed by atoms with E-state index in [2.05, 4.69) is 15.3 Å². The van der Waals surface area contributed by atoms with Crippen molar-refractivity contribution in [3.05, 3.63) is 35.5 Å². The molecule has 2 rings (SSSR count). The number of hydrogen-bond donors (Lipinski definition) is 3. The van der Waals surface area contributed by atoms with Gasteiger partial charge in [-0.15, -0.1) is 0 Å². The van der Waals surface area contributed by atoms with E-state index in [0.717, 1.165) is 0 Å². The van der Waals surface area contributed by atoms with Crippen molar-refractivity contribution in [2.75, 3.05) is 5.32 Å². The molecule has 21 heavy (non-hydrogen) atoms. The third-order valence-corrected chi connectivity index (χ3v) is 3.16. The van der Waals surface area contributed by atoms with E-state index in [-0.39, 0.29) is 5.75 Å². The van der Waals surface area contributed by atoms with Crippen molar-refractivity contribution in [3.8, 4) is 17.1 Å². The molecule has 1 aromatic carbocycles. The zero-order valence-electron chi connectivity index (χ0n) is 11.4. The van der Waals surface area contributed by atoms with Crippen LogP contribution >= 0.6 is 11.6 Å². The van der Waals surface area contributed by atoms with E-state index in [1.807, 2.05) is 6.92 Å². The summed E-state index contributed by atoms with van der Waals surface area (Å²) in [5, 5.41) is 13.3. The van der Waals surface area contributed by atoms with E-state index in [0.29, 0.717) is 28.6 Å². The number of phenols is 1. The predicted molar refractivity (Wildman–Crippen MR) is 81.0 cm³/mol. The van der Waals surface area contributed by atoms with Gasteiger partial charge >= 0.3 is 0 Å². The summed E-state index contributed by atoms with van der Waals surface area (Å²) in [7, 11) is 0. The molecule has 0 spiro atoms. The van der Waals surface area contributed by atoms with Gasteiger partial charge in [0.1, 0.15) is 17.6 Å². The lowest BCUT2D eigenvalue weighted by molar-refractivity contribution is -0.118. The number of nitrogens with one attached hydrogen (secondary N) is 1. The second kappa shape index (κ2) is 6.41. The Bertz CT molecular complexity index is 663. The molecule has 4 N–H and O–H groups in total. The number of phenolic OH excluding ortho intramolecular Hbond substituents is 1. The Labute approximate surface area is 127 Å². The molecule has 0 aliphatic carbocycles. The van der Waals surface area contributed by atoms with Crippen molar-refractivity contribution in [1.82, 2.24) is 9.97 Å². The Morgan fingerprint density at radius 2 is 2.24 bits per heavy atom. The van der Waals surface area contributed by atoms with Gasteiger partial charge in [-0.05, 0) is 30.7 Å². The summed E-state index contributed by atoms with van der Waals surface area (Å²) in [6.07, 6.45) is 2.07. The highest BCUT2D eigenvalue weighted by Gasteiger charge is 2.14. The van der Waals surface area contributed by atoms with Gasteiger partial charge in [0.05, 0.1) is 5.56 Å². The molecule has 0 aliphatic heterocycles. The van der Waals surface area contributed by atoms with Gasteiger partial charge in [-0.25, -0.2) is 9.97 Å². The zero-order valence-corrected chi connectivity index (χ0v) is 12.1. The summed E-state index contributed by atoms with van der Waals surface area (Å²) in [5.74, 6) is 0.325. The maximum atomic E-state index is 11.2. The van der Waals surface area contributed by atoms with Gasteiger partial charge in [0.15, 0.2) is 5.82 Å². The average molecular weight is 307 g/mol. The SMILES string of the molecule is CCC(Nc1ccnc(-c2cc(Cl)ccc2O)n1)C(N)=O. The summed E-state index contributed by atoms with van der Waals surface area (Å²) in [6.45, 7) is 1.84.